The molecule has 1 aliphatic heterocycles. The van der Waals surface area contributed by atoms with Crippen LogP contribution < -0.4 is 0 Å². The summed E-state index contributed by atoms with van der Waals surface area (Å²) in [4.78, 5) is 20.8. The van der Waals surface area contributed by atoms with Crippen LogP contribution in [0.2, 0.25) is 0 Å². The van der Waals surface area contributed by atoms with Gasteiger partial charge in [-0.3, -0.25) is 9.69 Å². The highest BCUT2D eigenvalue weighted by molar-refractivity contribution is 5.95. The molecule has 0 aliphatic carbocycles. The van der Waals surface area contributed by atoms with Crippen LogP contribution in [0.15, 0.2) is 47.0 Å². The fourth-order valence-corrected chi connectivity index (χ4v) is 3.82. The van der Waals surface area contributed by atoms with Crippen molar-refractivity contribution < 1.29 is 26.9 Å². The van der Waals surface area contributed by atoms with Crippen LogP contribution >= 0.6 is 0 Å². The second-order valence-corrected chi connectivity index (χ2v) is 8.00. The molecule has 3 aromatic rings. The minimum Gasteiger partial charge on any atom is -0.337 e. The van der Waals surface area contributed by atoms with Crippen molar-refractivity contribution in [3.8, 4) is 11.4 Å². The quantitative estimate of drug-likeness (QED) is 0.525. The number of amides is 1. The van der Waals surface area contributed by atoms with Gasteiger partial charge in [0.25, 0.3) is 5.91 Å². The third kappa shape index (κ3) is 4.90. The maximum absolute atomic E-state index is 13.6. The molecule has 6 nitrogen and oxygen atoms in total. The second kappa shape index (κ2) is 8.93. The van der Waals surface area contributed by atoms with Gasteiger partial charge in [0.1, 0.15) is 5.82 Å². The lowest BCUT2D eigenvalue weighted by molar-refractivity contribution is -0.137. The van der Waals surface area contributed by atoms with E-state index in [4.69, 9.17) is 4.52 Å². The Morgan fingerprint density at radius 3 is 2.52 bits per heavy atom. The van der Waals surface area contributed by atoms with Crippen LogP contribution in [0.4, 0.5) is 17.6 Å². The Balaban J connectivity index is 1.42. The molecule has 1 aromatic heterocycles. The van der Waals surface area contributed by atoms with Crippen molar-refractivity contribution in [2.45, 2.75) is 26.1 Å². The van der Waals surface area contributed by atoms with Crippen LogP contribution in [0.25, 0.3) is 11.4 Å². The van der Waals surface area contributed by atoms with E-state index in [0.29, 0.717) is 37.3 Å². The van der Waals surface area contributed by atoms with Gasteiger partial charge in [-0.25, -0.2) is 4.39 Å². The van der Waals surface area contributed by atoms with Gasteiger partial charge in [0.2, 0.25) is 11.7 Å². The van der Waals surface area contributed by atoms with Gasteiger partial charge in [0.05, 0.1) is 11.6 Å². The summed E-state index contributed by atoms with van der Waals surface area (Å²) in [6.07, 6.45) is -4.46. The average Bonchev–Trinajstić information content (AvgIpc) is 3.30. The molecule has 33 heavy (non-hydrogen) atoms. The third-order valence-corrected chi connectivity index (χ3v) is 5.83. The number of nitrogens with zero attached hydrogens (tertiary/aromatic N) is 4. The van der Waals surface area contributed by atoms with Crippen LogP contribution in [0.1, 0.15) is 40.3 Å². The summed E-state index contributed by atoms with van der Waals surface area (Å²) in [6.45, 7) is 5.56. The third-order valence-electron chi connectivity index (χ3n) is 5.83. The second-order valence-electron chi connectivity index (χ2n) is 8.00. The van der Waals surface area contributed by atoms with Crippen LogP contribution in [-0.2, 0) is 6.18 Å². The number of carbonyl (C=O) groups excluding carboxylic acids is 1. The molecule has 1 amide bonds. The van der Waals surface area contributed by atoms with Crippen LogP contribution in [0.3, 0.4) is 0 Å². The van der Waals surface area contributed by atoms with E-state index < -0.39 is 17.6 Å². The van der Waals surface area contributed by atoms with E-state index in [1.807, 2.05) is 11.8 Å². The van der Waals surface area contributed by atoms with Gasteiger partial charge in [-0.1, -0.05) is 23.4 Å². The van der Waals surface area contributed by atoms with E-state index >= 15 is 0 Å². The van der Waals surface area contributed by atoms with Crippen LogP contribution in [-0.4, -0.2) is 52.0 Å². The molecule has 10 heteroatoms. The van der Waals surface area contributed by atoms with E-state index in [1.165, 1.54) is 24.3 Å². The molecule has 0 saturated carbocycles. The zero-order chi connectivity index (χ0) is 23.8. The number of benzene rings is 2. The van der Waals surface area contributed by atoms with Gasteiger partial charge in [-0.2, -0.15) is 18.2 Å². The SMILES string of the molecule is Cc1ccc(F)cc1C(=O)N1CCN(C(C)c2nc(-c3cccc(C(F)(F)F)c3)no2)CC1. The van der Waals surface area contributed by atoms with Gasteiger partial charge < -0.3 is 9.42 Å². The first-order valence-electron chi connectivity index (χ1n) is 10.4. The molecule has 1 unspecified atom stereocenters. The lowest BCUT2D eigenvalue weighted by Crippen LogP contribution is -2.49. The molecule has 0 radical (unpaired) electrons. The first-order valence-corrected chi connectivity index (χ1v) is 10.4. The van der Waals surface area contributed by atoms with Crippen LogP contribution in [0.5, 0.6) is 0 Å². The number of halogens is 4. The van der Waals surface area contributed by atoms with Crippen LogP contribution in [0, 0.1) is 12.7 Å². The Bertz CT molecular complexity index is 1150. The van der Waals surface area contributed by atoms with E-state index in [1.54, 1.807) is 17.9 Å². The van der Waals surface area contributed by atoms with Gasteiger partial charge in [-0.05, 0) is 43.7 Å². The molecule has 0 spiro atoms. The van der Waals surface area contributed by atoms with Crippen molar-refractivity contribution in [3.63, 3.8) is 0 Å². The van der Waals surface area contributed by atoms with Gasteiger partial charge in [0.15, 0.2) is 0 Å². The summed E-state index contributed by atoms with van der Waals surface area (Å²) in [6, 6.07) is 8.63. The number of aryl methyl sites for hydroxylation is 1. The molecule has 0 bridgehead atoms. The Kier molecular flexibility index (Phi) is 6.20. The Labute approximate surface area is 187 Å². The Morgan fingerprint density at radius 2 is 1.82 bits per heavy atom. The van der Waals surface area contributed by atoms with Crippen molar-refractivity contribution >= 4 is 5.91 Å². The standard InChI is InChI=1S/C23H22F4N4O2/c1-14-6-7-18(24)13-19(14)22(32)31-10-8-30(9-11-31)15(2)21-28-20(29-33-21)16-4-3-5-17(12-16)23(25,26)27/h3-7,12-13,15H,8-11H2,1-2H3. The molecule has 0 N–H and O–H groups in total. The molecule has 2 heterocycles. The smallest absolute Gasteiger partial charge is 0.337 e. The van der Waals surface area contributed by atoms with Crippen molar-refractivity contribution in [2.75, 3.05) is 26.2 Å². The normalized spacial score (nSPS) is 16.1. The molecule has 1 saturated heterocycles. The van der Waals surface area contributed by atoms with Crippen molar-refractivity contribution in [3.05, 3.63) is 70.9 Å². The maximum atomic E-state index is 13.6. The molecule has 174 valence electrons. The minimum atomic E-state index is -4.46. The molecule has 1 atom stereocenters. The maximum Gasteiger partial charge on any atom is 0.416 e. The first kappa shape index (κ1) is 22.9. The number of piperazine rings is 1. The van der Waals surface area contributed by atoms with Gasteiger partial charge in [0, 0.05) is 37.3 Å². The summed E-state index contributed by atoms with van der Waals surface area (Å²) >= 11 is 0. The van der Waals surface area contributed by atoms with Gasteiger partial charge in [-0.15, -0.1) is 0 Å². The Morgan fingerprint density at radius 1 is 1.09 bits per heavy atom. The van der Waals surface area contributed by atoms with E-state index in [-0.39, 0.29) is 29.2 Å². The lowest BCUT2D eigenvalue weighted by Gasteiger charge is -2.37. The number of hydrogen-bond donors (Lipinski definition) is 0. The number of aromatic nitrogens is 2. The summed E-state index contributed by atoms with van der Waals surface area (Å²) in [5, 5.41) is 3.85. The fourth-order valence-electron chi connectivity index (χ4n) is 3.82. The predicted octanol–water partition coefficient (Wildman–Crippen LogP) is 4.72. The van der Waals surface area contributed by atoms with E-state index in [0.717, 1.165) is 12.1 Å². The lowest BCUT2D eigenvalue weighted by atomic mass is 10.1. The number of carbonyl (C=O) groups is 1. The molecule has 1 fully saturated rings. The zero-order valence-electron chi connectivity index (χ0n) is 18.1. The topological polar surface area (TPSA) is 62.5 Å². The fraction of sp³-hybridized carbons (Fsp3) is 0.348. The molecular weight excluding hydrogens is 440 g/mol. The number of hydrogen-bond acceptors (Lipinski definition) is 5. The molecule has 2 aromatic carbocycles. The van der Waals surface area contributed by atoms with E-state index in [2.05, 4.69) is 10.1 Å². The van der Waals surface area contributed by atoms with Crippen molar-refractivity contribution in [2.24, 2.45) is 0 Å². The highest BCUT2D eigenvalue weighted by atomic mass is 19.4. The average molecular weight is 462 g/mol. The van der Waals surface area contributed by atoms with Gasteiger partial charge >= 0.3 is 6.18 Å². The highest BCUT2D eigenvalue weighted by Gasteiger charge is 2.32. The van der Waals surface area contributed by atoms with Crippen molar-refractivity contribution in [1.82, 2.24) is 19.9 Å². The first-order chi connectivity index (χ1) is 15.6. The summed E-state index contributed by atoms with van der Waals surface area (Å²) in [5.74, 6) is -0.311. The Hall–Kier alpha value is -3.27. The summed E-state index contributed by atoms with van der Waals surface area (Å²) in [7, 11) is 0. The number of alkyl halides is 3. The summed E-state index contributed by atoms with van der Waals surface area (Å²) in [5.41, 5.74) is 0.492. The highest BCUT2D eigenvalue weighted by Crippen LogP contribution is 2.32. The molecule has 4 rings (SSSR count). The summed E-state index contributed by atoms with van der Waals surface area (Å²) < 4.78 is 57.8. The minimum absolute atomic E-state index is 0.0818. The zero-order valence-corrected chi connectivity index (χ0v) is 18.1. The predicted molar refractivity (Wildman–Crippen MR) is 112 cm³/mol. The van der Waals surface area contributed by atoms with Crippen molar-refractivity contribution in [1.29, 1.82) is 0 Å². The monoisotopic (exact) mass is 462 g/mol. The number of rotatable bonds is 4. The molecular formula is C23H22F4N4O2. The molecule has 1 aliphatic rings. The largest absolute Gasteiger partial charge is 0.416 e. The van der Waals surface area contributed by atoms with E-state index in [9.17, 15) is 22.4 Å².